The summed E-state index contributed by atoms with van der Waals surface area (Å²) in [6.07, 6.45) is 0.379. The molecule has 0 unspecified atom stereocenters. The van der Waals surface area contributed by atoms with Crippen molar-refractivity contribution in [2.75, 3.05) is 5.32 Å². The Morgan fingerprint density at radius 3 is 3.00 bits per heavy atom. The third kappa shape index (κ3) is 0.852. The van der Waals surface area contributed by atoms with Crippen LogP contribution in [-0.2, 0) is 11.2 Å². The highest BCUT2D eigenvalue weighted by atomic mass is 16.3. The zero-order chi connectivity index (χ0) is 7.84. The highest BCUT2D eigenvalue weighted by Crippen LogP contribution is 2.31. The van der Waals surface area contributed by atoms with Crippen LogP contribution in [0.1, 0.15) is 5.56 Å². The predicted molar refractivity (Wildman–Crippen MR) is 40.4 cm³/mol. The summed E-state index contributed by atoms with van der Waals surface area (Å²) in [6, 6.07) is 5.12. The Labute approximate surface area is 63.7 Å². The van der Waals surface area contributed by atoms with Crippen LogP contribution < -0.4 is 5.32 Å². The van der Waals surface area contributed by atoms with Crippen molar-refractivity contribution in [2.24, 2.45) is 0 Å². The molecule has 0 fully saturated rings. The first-order chi connectivity index (χ1) is 5.27. The van der Waals surface area contributed by atoms with Crippen LogP contribution in [-0.4, -0.2) is 11.0 Å². The third-order valence-corrected chi connectivity index (χ3v) is 1.74. The first kappa shape index (κ1) is 6.22. The zero-order valence-electron chi connectivity index (χ0n) is 5.79. The first-order valence-corrected chi connectivity index (χ1v) is 3.38. The van der Waals surface area contributed by atoms with Gasteiger partial charge in [-0.15, -0.1) is 0 Å². The minimum absolute atomic E-state index is 0.0542. The fraction of sp³-hybridized carbons (Fsp3) is 0.125. The second kappa shape index (κ2) is 1.99. The molecular weight excluding hydrogens is 142 g/mol. The van der Waals surface area contributed by atoms with Crippen LogP contribution in [0.5, 0.6) is 5.75 Å². The van der Waals surface area contributed by atoms with E-state index >= 15 is 0 Å². The van der Waals surface area contributed by atoms with Crippen molar-refractivity contribution in [1.82, 2.24) is 0 Å². The van der Waals surface area contributed by atoms with Crippen LogP contribution >= 0.6 is 0 Å². The number of carbonyl (C=O) groups excluding carboxylic acids is 1. The van der Waals surface area contributed by atoms with E-state index in [0.717, 1.165) is 5.56 Å². The van der Waals surface area contributed by atoms with Gasteiger partial charge in [-0.1, -0.05) is 12.1 Å². The Morgan fingerprint density at radius 1 is 1.45 bits per heavy atom. The van der Waals surface area contributed by atoms with Gasteiger partial charge in [0, 0.05) is 0 Å². The molecular formula is C8H7NO2. The minimum Gasteiger partial charge on any atom is -0.506 e. The SMILES string of the molecule is O=C1Cc2cccc(O)c2N1. The van der Waals surface area contributed by atoms with Gasteiger partial charge in [0.2, 0.25) is 5.91 Å². The minimum atomic E-state index is -0.0542. The summed E-state index contributed by atoms with van der Waals surface area (Å²) >= 11 is 0. The van der Waals surface area contributed by atoms with E-state index in [1.807, 2.05) is 6.07 Å². The van der Waals surface area contributed by atoms with Gasteiger partial charge in [0.25, 0.3) is 0 Å². The number of hydrogen-bond donors (Lipinski definition) is 2. The summed E-state index contributed by atoms with van der Waals surface area (Å²) in [4.78, 5) is 10.8. The van der Waals surface area contributed by atoms with E-state index in [1.54, 1.807) is 12.1 Å². The lowest BCUT2D eigenvalue weighted by Gasteiger charge is -1.99. The fourth-order valence-corrected chi connectivity index (χ4v) is 1.23. The van der Waals surface area contributed by atoms with E-state index in [2.05, 4.69) is 5.32 Å². The molecule has 1 amide bonds. The van der Waals surface area contributed by atoms with Crippen molar-refractivity contribution in [1.29, 1.82) is 0 Å². The molecule has 0 aromatic heterocycles. The lowest BCUT2D eigenvalue weighted by atomic mass is 10.1. The molecule has 0 spiro atoms. The monoisotopic (exact) mass is 149 g/mol. The summed E-state index contributed by atoms with van der Waals surface area (Å²) in [7, 11) is 0. The number of carbonyl (C=O) groups is 1. The number of amides is 1. The molecule has 0 atom stereocenters. The molecule has 1 aliphatic heterocycles. The molecule has 3 heteroatoms. The predicted octanol–water partition coefficient (Wildman–Crippen LogP) is 0.887. The second-order valence-electron chi connectivity index (χ2n) is 2.54. The normalized spacial score (nSPS) is 14.4. The van der Waals surface area contributed by atoms with Crippen molar-refractivity contribution in [2.45, 2.75) is 6.42 Å². The largest absolute Gasteiger partial charge is 0.506 e. The quantitative estimate of drug-likeness (QED) is 0.538. The van der Waals surface area contributed by atoms with Crippen LogP contribution in [0.2, 0.25) is 0 Å². The Kier molecular flexibility index (Phi) is 1.12. The van der Waals surface area contributed by atoms with Crippen LogP contribution in [0.25, 0.3) is 0 Å². The van der Waals surface area contributed by atoms with Crippen LogP contribution in [0.15, 0.2) is 18.2 Å². The maximum absolute atomic E-state index is 10.8. The topological polar surface area (TPSA) is 49.3 Å². The van der Waals surface area contributed by atoms with Gasteiger partial charge in [-0.3, -0.25) is 4.79 Å². The molecule has 1 aromatic carbocycles. The molecule has 2 rings (SSSR count). The van der Waals surface area contributed by atoms with E-state index in [1.165, 1.54) is 0 Å². The van der Waals surface area contributed by atoms with Crippen molar-refractivity contribution < 1.29 is 9.90 Å². The number of para-hydroxylation sites is 1. The molecule has 0 saturated carbocycles. The fourth-order valence-electron chi connectivity index (χ4n) is 1.23. The van der Waals surface area contributed by atoms with E-state index in [9.17, 15) is 9.90 Å². The number of nitrogens with one attached hydrogen (secondary N) is 1. The number of benzene rings is 1. The highest BCUT2D eigenvalue weighted by molar-refractivity contribution is 6.00. The molecule has 0 aliphatic carbocycles. The molecule has 1 aromatic rings. The summed E-state index contributed by atoms with van der Waals surface area (Å²) in [6.45, 7) is 0. The van der Waals surface area contributed by atoms with Crippen LogP contribution in [0.3, 0.4) is 0 Å². The van der Waals surface area contributed by atoms with Crippen molar-refractivity contribution in [3.63, 3.8) is 0 Å². The van der Waals surface area contributed by atoms with E-state index in [4.69, 9.17) is 0 Å². The molecule has 1 heterocycles. The maximum Gasteiger partial charge on any atom is 0.228 e. The lowest BCUT2D eigenvalue weighted by molar-refractivity contribution is -0.115. The van der Waals surface area contributed by atoms with Gasteiger partial charge in [-0.2, -0.15) is 0 Å². The third-order valence-electron chi connectivity index (χ3n) is 1.74. The highest BCUT2D eigenvalue weighted by Gasteiger charge is 2.19. The van der Waals surface area contributed by atoms with Gasteiger partial charge < -0.3 is 10.4 Å². The van der Waals surface area contributed by atoms with Crippen molar-refractivity contribution in [3.8, 4) is 5.75 Å². The van der Waals surface area contributed by atoms with Gasteiger partial charge in [0.15, 0.2) is 0 Å². The van der Waals surface area contributed by atoms with Gasteiger partial charge in [0.05, 0.1) is 12.1 Å². The van der Waals surface area contributed by atoms with Gasteiger partial charge >= 0.3 is 0 Å². The van der Waals surface area contributed by atoms with Crippen molar-refractivity contribution >= 4 is 11.6 Å². The van der Waals surface area contributed by atoms with Crippen LogP contribution in [0, 0.1) is 0 Å². The molecule has 11 heavy (non-hydrogen) atoms. The number of hydrogen-bond acceptors (Lipinski definition) is 2. The number of anilines is 1. The Bertz CT molecular complexity index is 320. The smallest absolute Gasteiger partial charge is 0.228 e. The number of aromatic hydroxyl groups is 1. The van der Waals surface area contributed by atoms with E-state index in [0.29, 0.717) is 12.1 Å². The average molecular weight is 149 g/mol. The molecule has 2 N–H and O–H groups in total. The maximum atomic E-state index is 10.8. The van der Waals surface area contributed by atoms with E-state index < -0.39 is 0 Å². The summed E-state index contributed by atoms with van der Waals surface area (Å²) < 4.78 is 0. The zero-order valence-corrected chi connectivity index (χ0v) is 5.79. The second-order valence-corrected chi connectivity index (χ2v) is 2.54. The standard InChI is InChI=1S/C8H7NO2/c10-6-3-1-2-5-4-7(11)9-8(5)6/h1-3,10H,4H2,(H,9,11). The average Bonchev–Trinajstić information content (AvgIpc) is 2.31. The summed E-state index contributed by atoms with van der Waals surface area (Å²) in [5.41, 5.74) is 1.44. The molecule has 3 nitrogen and oxygen atoms in total. The Hall–Kier alpha value is -1.51. The number of rotatable bonds is 0. The van der Waals surface area contributed by atoms with Crippen LogP contribution in [0.4, 0.5) is 5.69 Å². The molecule has 0 radical (unpaired) electrons. The number of phenols is 1. The lowest BCUT2D eigenvalue weighted by Crippen LogP contribution is -2.03. The number of phenolic OH excluding ortho intramolecular Hbond substituents is 1. The number of fused-ring (bicyclic) bond motifs is 1. The molecule has 1 aliphatic rings. The van der Waals surface area contributed by atoms with Crippen molar-refractivity contribution in [3.05, 3.63) is 23.8 Å². The molecule has 0 bridgehead atoms. The molecule has 0 saturated heterocycles. The van der Waals surface area contributed by atoms with Gasteiger partial charge in [0.1, 0.15) is 5.75 Å². The summed E-state index contributed by atoms with van der Waals surface area (Å²) in [5, 5.41) is 11.8. The first-order valence-electron chi connectivity index (χ1n) is 3.38. The Balaban J connectivity index is 2.57. The molecule has 56 valence electrons. The van der Waals surface area contributed by atoms with Gasteiger partial charge in [-0.05, 0) is 11.6 Å². The summed E-state index contributed by atoms with van der Waals surface area (Å²) in [5.74, 6) is 0.0925. The Morgan fingerprint density at radius 2 is 2.27 bits per heavy atom. The van der Waals surface area contributed by atoms with E-state index in [-0.39, 0.29) is 11.7 Å². The van der Waals surface area contributed by atoms with Gasteiger partial charge in [-0.25, -0.2) is 0 Å².